The average Bonchev–Trinajstić information content (AvgIpc) is 2.85. The molecule has 0 bridgehead atoms. The maximum absolute atomic E-state index is 10.2. The molecule has 4 atom stereocenters. The summed E-state index contributed by atoms with van der Waals surface area (Å²) in [4.78, 5) is 0. The fraction of sp³-hybridized carbons (Fsp3) is 0.867. The van der Waals surface area contributed by atoms with Gasteiger partial charge in [0.1, 0.15) is 0 Å². The van der Waals surface area contributed by atoms with E-state index in [0.29, 0.717) is 11.3 Å². The Kier molecular flexibility index (Phi) is 2.94. The van der Waals surface area contributed by atoms with Gasteiger partial charge in [0.15, 0.2) is 0 Å². The Morgan fingerprint density at radius 3 is 2.56 bits per heavy atom. The van der Waals surface area contributed by atoms with Gasteiger partial charge in [0, 0.05) is 0 Å². The van der Waals surface area contributed by atoms with E-state index in [1.54, 1.807) is 0 Å². The van der Waals surface area contributed by atoms with Gasteiger partial charge in [0.05, 0.1) is 5.60 Å². The number of aliphatic hydroxyl groups is 1. The lowest BCUT2D eigenvalue weighted by Gasteiger charge is -2.21. The lowest BCUT2D eigenvalue weighted by molar-refractivity contribution is 0.0423. The zero-order chi connectivity index (χ0) is 12.0. The topological polar surface area (TPSA) is 20.2 Å². The van der Waals surface area contributed by atoms with E-state index in [1.165, 1.54) is 31.3 Å². The summed E-state index contributed by atoms with van der Waals surface area (Å²) in [6.07, 6.45) is 8.39. The molecule has 2 aliphatic carbocycles. The first-order valence-electron chi connectivity index (χ1n) is 6.74. The Morgan fingerprint density at radius 2 is 2.12 bits per heavy atom. The molecule has 0 spiro atoms. The van der Waals surface area contributed by atoms with Crippen LogP contribution in [0.5, 0.6) is 0 Å². The third kappa shape index (κ3) is 1.95. The highest BCUT2D eigenvalue weighted by molar-refractivity contribution is 5.17. The Hall–Kier alpha value is -0.300. The van der Waals surface area contributed by atoms with Crippen LogP contribution in [-0.4, -0.2) is 10.7 Å². The van der Waals surface area contributed by atoms with Crippen molar-refractivity contribution >= 4 is 0 Å². The summed E-state index contributed by atoms with van der Waals surface area (Å²) in [6.45, 7) is 8.77. The van der Waals surface area contributed by atoms with Crippen LogP contribution >= 0.6 is 0 Å². The molecule has 92 valence electrons. The normalized spacial score (nSPS) is 42.7. The minimum Gasteiger partial charge on any atom is -0.390 e. The highest BCUT2D eigenvalue weighted by atomic mass is 16.3. The first-order valence-corrected chi connectivity index (χ1v) is 6.74. The monoisotopic (exact) mass is 222 g/mol. The van der Waals surface area contributed by atoms with E-state index in [0.717, 1.165) is 12.3 Å². The first kappa shape index (κ1) is 12.2. The third-order valence-electron chi connectivity index (χ3n) is 5.10. The Morgan fingerprint density at radius 1 is 1.44 bits per heavy atom. The SMILES string of the molecule is CC(C)=CCC[C@H](C)[C@]12CC[C@](C)(O)[C@H]1C2. The number of hydrogen-bond acceptors (Lipinski definition) is 1. The molecule has 1 nitrogen and oxygen atoms in total. The second-order valence-corrected chi connectivity index (χ2v) is 6.61. The fourth-order valence-corrected chi connectivity index (χ4v) is 3.80. The molecule has 2 saturated carbocycles. The van der Waals surface area contributed by atoms with Crippen LogP contribution in [0.15, 0.2) is 11.6 Å². The lowest BCUT2D eigenvalue weighted by Crippen LogP contribution is -2.23. The van der Waals surface area contributed by atoms with Crippen molar-refractivity contribution in [3.63, 3.8) is 0 Å². The number of rotatable bonds is 4. The van der Waals surface area contributed by atoms with Gasteiger partial charge in [0.25, 0.3) is 0 Å². The van der Waals surface area contributed by atoms with Gasteiger partial charge in [-0.2, -0.15) is 0 Å². The number of hydrogen-bond donors (Lipinski definition) is 1. The molecular weight excluding hydrogens is 196 g/mol. The molecule has 2 rings (SSSR count). The molecule has 0 aliphatic heterocycles. The van der Waals surface area contributed by atoms with Gasteiger partial charge >= 0.3 is 0 Å². The molecule has 0 heterocycles. The molecule has 0 aromatic carbocycles. The van der Waals surface area contributed by atoms with Crippen LogP contribution in [0.1, 0.15) is 59.8 Å². The van der Waals surface area contributed by atoms with Gasteiger partial charge in [-0.3, -0.25) is 0 Å². The van der Waals surface area contributed by atoms with E-state index >= 15 is 0 Å². The predicted octanol–water partition coefficient (Wildman–Crippen LogP) is 3.92. The van der Waals surface area contributed by atoms with Crippen molar-refractivity contribution < 1.29 is 5.11 Å². The van der Waals surface area contributed by atoms with Gasteiger partial charge in [-0.15, -0.1) is 0 Å². The van der Waals surface area contributed by atoms with Crippen LogP contribution in [-0.2, 0) is 0 Å². The van der Waals surface area contributed by atoms with Gasteiger partial charge in [-0.05, 0) is 70.1 Å². The molecule has 1 heteroatoms. The van der Waals surface area contributed by atoms with Crippen LogP contribution < -0.4 is 0 Å². The highest BCUT2D eigenvalue weighted by Gasteiger charge is 2.67. The highest BCUT2D eigenvalue weighted by Crippen LogP contribution is 2.71. The summed E-state index contributed by atoms with van der Waals surface area (Å²) in [7, 11) is 0. The summed E-state index contributed by atoms with van der Waals surface area (Å²) in [5, 5.41) is 10.2. The second-order valence-electron chi connectivity index (χ2n) is 6.61. The van der Waals surface area contributed by atoms with E-state index in [9.17, 15) is 5.11 Å². The van der Waals surface area contributed by atoms with Crippen molar-refractivity contribution in [3.05, 3.63) is 11.6 Å². The number of fused-ring (bicyclic) bond motifs is 1. The molecule has 16 heavy (non-hydrogen) atoms. The van der Waals surface area contributed by atoms with Crippen LogP contribution in [0.25, 0.3) is 0 Å². The van der Waals surface area contributed by atoms with Crippen LogP contribution in [0.2, 0.25) is 0 Å². The molecule has 0 aromatic heterocycles. The molecule has 0 radical (unpaired) electrons. The summed E-state index contributed by atoms with van der Waals surface area (Å²) in [6, 6.07) is 0. The quantitative estimate of drug-likeness (QED) is 0.715. The van der Waals surface area contributed by atoms with Crippen molar-refractivity contribution in [1.82, 2.24) is 0 Å². The van der Waals surface area contributed by atoms with Gasteiger partial charge in [0.2, 0.25) is 0 Å². The minimum atomic E-state index is -0.356. The molecule has 2 fully saturated rings. The maximum atomic E-state index is 10.2. The third-order valence-corrected chi connectivity index (χ3v) is 5.10. The molecular formula is C15H26O. The smallest absolute Gasteiger partial charge is 0.0653 e. The summed E-state index contributed by atoms with van der Waals surface area (Å²) in [5.41, 5.74) is 1.58. The predicted molar refractivity (Wildman–Crippen MR) is 68.2 cm³/mol. The van der Waals surface area contributed by atoms with Crippen molar-refractivity contribution in [3.8, 4) is 0 Å². The summed E-state index contributed by atoms with van der Waals surface area (Å²) >= 11 is 0. The molecule has 0 aromatic rings. The van der Waals surface area contributed by atoms with Gasteiger partial charge in [-0.25, -0.2) is 0 Å². The Balaban J connectivity index is 1.88. The molecule has 0 saturated heterocycles. The van der Waals surface area contributed by atoms with Crippen LogP contribution in [0, 0.1) is 17.3 Å². The second kappa shape index (κ2) is 3.87. The largest absolute Gasteiger partial charge is 0.390 e. The first-order chi connectivity index (χ1) is 7.38. The van der Waals surface area contributed by atoms with Gasteiger partial charge < -0.3 is 5.11 Å². The Labute approximate surface area is 99.9 Å². The van der Waals surface area contributed by atoms with E-state index < -0.39 is 0 Å². The van der Waals surface area contributed by atoms with Crippen molar-refractivity contribution in [2.45, 2.75) is 65.4 Å². The maximum Gasteiger partial charge on any atom is 0.0653 e. The molecule has 1 N–H and O–H groups in total. The standard InChI is InChI=1S/C15H26O/c1-11(2)6-5-7-12(3)15-9-8-14(4,16)13(15)10-15/h6,12-13,16H,5,7-10H2,1-4H3/t12-,13+,14-,15+/m0/s1. The number of allylic oxidation sites excluding steroid dienone is 2. The van der Waals surface area contributed by atoms with Crippen LogP contribution in [0.3, 0.4) is 0 Å². The van der Waals surface area contributed by atoms with E-state index in [2.05, 4.69) is 26.8 Å². The molecule has 0 amide bonds. The summed E-state index contributed by atoms with van der Waals surface area (Å²) in [5.74, 6) is 1.38. The van der Waals surface area contributed by atoms with Crippen molar-refractivity contribution in [2.75, 3.05) is 0 Å². The lowest BCUT2D eigenvalue weighted by atomic mass is 9.84. The summed E-state index contributed by atoms with van der Waals surface area (Å²) < 4.78 is 0. The van der Waals surface area contributed by atoms with Gasteiger partial charge in [-0.1, -0.05) is 18.6 Å². The fourth-order valence-electron chi connectivity index (χ4n) is 3.80. The zero-order valence-corrected chi connectivity index (χ0v) is 11.2. The average molecular weight is 222 g/mol. The molecule has 0 unspecified atom stereocenters. The van der Waals surface area contributed by atoms with E-state index in [4.69, 9.17) is 0 Å². The van der Waals surface area contributed by atoms with Crippen LogP contribution in [0.4, 0.5) is 0 Å². The molecule has 2 aliphatic rings. The zero-order valence-electron chi connectivity index (χ0n) is 11.2. The minimum absolute atomic E-state index is 0.356. The van der Waals surface area contributed by atoms with Crippen molar-refractivity contribution in [1.29, 1.82) is 0 Å². The van der Waals surface area contributed by atoms with Crippen molar-refractivity contribution in [2.24, 2.45) is 17.3 Å². The Bertz CT molecular complexity index is 299. The van der Waals surface area contributed by atoms with E-state index in [-0.39, 0.29) is 5.60 Å². The van der Waals surface area contributed by atoms with E-state index in [1.807, 2.05) is 6.92 Å².